The summed E-state index contributed by atoms with van der Waals surface area (Å²) in [4.78, 5) is 0. The highest BCUT2D eigenvalue weighted by Gasteiger charge is 2.20. The second-order valence-corrected chi connectivity index (χ2v) is 11.6. The Kier molecular flexibility index (Phi) is 5.18. The van der Waals surface area contributed by atoms with E-state index in [1.54, 1.807) is 0 Å². The van der Waals surface area contributed by atoms with Gasteiger partial charge >= 0.3 is 0 Å². The van der Waals surface area contributed by atoms with E-state index in [2.05, 4.69) is 143 Å². The summed E-state index contributed by atoms with van der Waals surface area (Å²) in [6, 6.07) is 40.3. The number of aromatic nitrogens is 2. The van der Waals surface area contributed by atoms with Gasteiger partial charge in [-0.15, -0.1) is 0 Å². The molecule has 0 fully saturated rings. The smallest absolute Gasteiger partial charge is 0.0562 e. The Bertz CT molecular complexity index is 2290. The molecule has 5 aromatic carbocycles. The van der Waals surface area contributed by atoms with Crippen molar-refractivity contribution in [1.82, 2.24) is 9.13 Å². The quantitative estimate of drug-likeness (QED) is 0.212. The number of benzene rings is 5. The van der Waals surface area contributed by atoms with Crippen LogP contribution in [0.25, 0.3) is 66.6 Å². The summed E-state index contributed by atoms with van der Waals surface area (Å²) < 4.78 is 4.94. The number of rotatable bonds is 3. The first-order valence-corrected chi connectivity index (χ1v) is 15.1. The molecule has 42 heavy (non-hydrogen) atoms. The Hall–Kier alpha value is -5.08. The van der Waals surface area contributed by atoms with Crippen molar-refractivity contribution >= 4 is 61.0 Å². The van der Waals surface area contributed by atoms with E-state index in [1.165, 1.54) is 77.3 Å². The highest BCUT2D eigenvalue weighted by Crippen LogP contribution is 2.41. The highest BCUT2D eigenvalue weighted by atomic mass is 15.0. The summed E-state index contributed by atoms with van der Waals surface area (Å²) >= 11 is 0. The van der Waals surface area contributed by atoms with Crippen LogP contribution in [0.2, 0.25) is 0 Å². The van der Waals surface area contributed by atoms with Gasteiger partial charge in [-0.05, 0) is 90.4 Å². The number of nitrogens with zero attached hydrogens (tertiary/aromatic N) is 2. The molecule has 0 saturated carbocycles. The second kappa shape index (κ2) is 9.22. The zero-order valence-electron chi connectivity index (χ0n) is 23.4. The van der Waals surface area contributed by atoms with Crippen LogP contribution < -0.4 is 0 Å². The average Bonchev–Trinajstić information content (AvgIpc) is 3.56. The lowest BCUT2D eigenvalue weighted by Crippen LogP contribution is -2.02. The summed E-state index contributed by atoms with van der Waals surface area (Å²) in [7, 11) is 0. The number of hydrogen-bond acceptors (Lipinski definition) is 0. The molecule has 2 aromatic heterocycles. The van der Waals surface area contributed by atoms with Gasteiger partial charge in [0.1, 0.15) is 0 Å². The van der Waals surface area contributed by atoms with Crippen molar-refractivity contribution in [3.05, 3.63) is 144 Å². The molecule has 9 rings (SSSR count). The molecule has 0 saturated heterocycles. The molecular weight excluding hydrogens is 508 g/mol. The number of hydrogen-bond donors (Lipinski definition) is 0. The average molecular weight is 539 g/mol. The van der Waals surface area contributed by atoms with Gasteiger partial charge in [0, 0.05) is 32.9 Å². The van der Waals surface area contributed by atoms with Crippen molar-refractivity contribution in [2.75, 3.05) is 0 Å². The molecular formula is C40H30N2. The van der Waals surface area contributed by atoms with E-state index in [0.29, 0.717) is 0 Å². The lowest BCUT2D eigenvalue weighted by Gasteiger charge is -2.19. The van der Waals surface area contributed by atoms with Crippen molar-refractivity contribution in [1.29, 1.82) is 0 Å². The minimum Gasteiger partial charge on any atom is -0.313 e. The third-order valence-corrected chi connectivity index (χ3v) is 9.29. The largest absolute Gasteiger partial charge is 0.313 e. The summed E-state index contributed by atoms with van der Waals surface area (Å²) in [6.45, 7) is 0. The summed E-state index contributed by atoms with van der Waals surface area (Å²) in [5.74, 6) is 0. The van der Waals surface area contributed by atoms with E-state index in [-0.39, 0.29) is 0 Å². The lowest BCUT2D eigenvalue weighted by molar-refractivity contribution is 0.975. The monoisotopic (exact) mass is 538 g/mol. The lowest BCUT2D eigenvalue weighted by atomic mass is 9.90. The normalized spacial score (nSPS) is 15.0. The molecule has 0 spiro atoms. The van der Waals surface area contributed by atoms with Crippen LogP contribution >= 0.6 is 0 Å². The van der Waals surface area contributed by atoms with Gasteiger partial charge in [0.2, 0.25) is 0 Å². The van der Waals surface area contributed by atoms with Crippen LogP contribution in [0.5, 0.6) is 0 Å². The van der Waals surface area contributed by atoms with Crippen molar-refractivity contribution < 1.29 is 0 Å². The standard InChI is InChI=1S/C40H30N2/c1-2-12-31(13-3-1)41-37-16-8-6-14-33(37)35-25-36-34-15-7-9-17-38(34)42(40(36)26-39(35)41)32-22-20-28(21-23-32)30-19-18-27-10-4-5-11-29(27)24-30/h1-4,6-10,12-20,22,24-26H,5,11,21,23H2. The van der Waals surface area contributed by atoms with Crippen LogP contribution in [0.15, 0.2) is 127 Å². The van der Waals surface area contributed by atoms with Gasteiger partial charge in [0.05, 0.1) is 22.1 Å². The Morgan fingerprint density at radius 1 is 0.500 bits per heavy atom. The van der Waals surface area contributed by atoms with Crippen LogP contribution in [0.4, 0.5) is 0 Å². The topological polar surface area (TPSA) is 9.86 Å². The van der Waals surface area contributed by atoms with E-state index >= 15 is 0 Å². The van der Waals surface area contributed by atoms with Crippen molar-refractivity contribution in [2.24, 2.45) is 0 Å². The zero-order valence-corrected chi connectivity index (χ0v) is 23.4. The van der Waals surface area contributed by atoms with E-state index < -0.39 is 0 Å². The van der Waals surface area contributed by atoms with E-state index in [9.17, 15) is 0 Å². The number of allylic oxidation sites excluding steroid dienone is 5. The number of aryl methyl sites for hydroxylation is 1. The van der Waals surface area contributed by atoms with E-state index in [1.807, 2.05) is 0 Å². The first-order chi connectivity index (χ1) is 20.8. The molecule has 0 amide bonds. The van der Waals surface area contributed by atoms with Crippen LogP contribution in [-0.4, -0.2) is 9.13 Å². The third-order valence-electron chi connectivity index (χ3n) is 9.29. The van der Waals surface area contributed by atoms with Crippen molar-refractivity contribution in [3.8, 4) is 5.69 Å². The molecule has 2 heteroatoms. The van der Waals surface area contributed by atoms with Gasteiger partial charge in [-0.25, -0.2) is 0 Å². The third kappa shape index (κ3) is 3.51. The molecule has 0 atom stereocenters. The predicted octanol–water partition coefficient (Wildman–Crippen LogP) is 10.6. The van der Waals surface area contributed by atoms with Gasteiger partial charge < -0.3 is 9.13 Å². The fourth-order valence-corrected chi connectivity index (χ4v) is 7.28. The minimum atomic E-state index is 1.01. The van der Waals surface area contributed by atoms with E-state index in [0.717, 1.165) is 25.7 Å². The molecule has 0 unspecified atom stereocenters. The molecule has 7 aromatic rings. The summed E-state index contributed by atoms with van der Waals surface area (Å²) in [5.41, 5.74) is 13.2. The van der Waals surface area contributed by atoms with Gasteiger partial charge in [0.15, 0.2) is 0 Å². The fourth-order valence-electron chi connectivity index (χ4n) is 7.28. The molecule has 2 nitrogen and oxygen atoms in total. The molecule has 0 bridgehead atoms. The first-order valence-electron chi connectivity index (χ1n) is 15.1. The van der Waals surface area contributed by atoms with Crippen molar-refractivity contribution in [3.63, 3.8) is 0 Å². The first kappa shape index (κ1) is 23.6. The van der Waals surface area contributed by atoms with Gasteiger partial charge in [-0.1, -0.05) is 91.0 Å². The van der Waals surface area contributed by atoms with Crippen LogP contribution in [0.3, 0.4) is 0 Å². The van der Waals surface area contributed by atoms with Crippen LogP contribution in [0, 0.1) is 0 Å². The predicted molar refractivity (Wildman–Crippen MR) is 179 cm³/mol. The van der Waals surface area contributed by atoms with E-state index in [4.69, 9.17) is 0 Å². The van der Waals surface area contributed by atoms with Crippen LogP contribution in [0.1, 0.15) is 36.0 Å². The fraction of sp³-hybridized carbons (Fsp3) is 0.100. The van der Waals surface area contributed by atoms with Gasteiger partial charge in [-0.2, -0.15) is 0 Å². The Balaban J connectivity index is 1.27. The maximum absolute atomic E-state index is 2.52. The molecule has 0 radical (unpaired) electrons. The molecule has 2 aliphatic carbocycles. The Labute approximate surface area is 245 Å². The summed E-state index contributed by atoms with van der Waals surface area (Å²) in [6.07, 6.45) is 13.6. The Morgan fingerprint density at radius 3 is 1.98 bits per heavy atom. The SMILES string of the molecule is C1=Cc2ccc(C3=CC=C(n4c5ccccc5c5cc6c7ccccc7n(-c7ccccc7)c6cc54)CC3)cc2CC1. The molecule has 0 N–H and O–H groups in total. The zero-order chi connectivity index (χ0) is 27.6. The van der Waals surface area contributed by atoms with Gasteiger partial charge in [0.25, 0.3) is 0 Å². The number of para-hydroxylation sites is 3. The number of fused-ring (bicyclic) bond motifs is 7. The minimum absolute atomic E-state index is 1.01. The second-order valence-electron chi connectivity index (χ2n) is 11.6. The molecule has 0 aliphatic heterocycles. The molecule has 2 heterocycles. The highest BCUT2D eigenvalue weighted by molar-refractivity contribution is 6.19. The van der Waals surface area contributed by atoms with Crippen molar-refractivity contribution in [2.45, 2.75) is 25.7 Å². The molecule has 2 aliphatic rings. The summed E-state index contributed by atoms with van der Waals surface area (Å²) in [5, 5.41) is 5.21. The molecule has 200 valence electrons. The Morgan fingerprint density at radius 2 is 1.21 bits per heavy atom. The van der Waals surface area contributed by atoms with Gasteiger partial charge in [-0.3, -0.25) is 0 Å². The maximum Gasteiger partial charge on any atom is 0.0562 e. The maximum atomic E-state index is 2.52. The van der Waals surface area contributed by atoms with Crippen LogP contribution in [-0.2, 0) is 6.42 Å².